The third kappa shape index (κ3) is 4.14. The van der Waals surface area contributed by atoms with Crippen LogP contribution in [0.2, 0.25) is 0 Å². The molecule has 166 valence electrons. The molecule has 3 aliphatic rings. The van der Waals surface area contributed by atoms with Crippen LogP contribution < -0.4 is 0 Å². The highest BCUT2D eigenvalue weighted by Gasteiger charge is 2.49. The van der Waals surface area contributed by atoms with E-state index in [1.165, 1.54) is 0 Å². The molecular weight excluding hydrogens is 402 g/mol. The highest BCUT2D eigenvalue weighted by molar-refractivity contribution is 6.22. The van der Waals surface area contributed by atoms with Crippen molar-refractivity contribution in [2.75, 3.05) is 13.2 Å². The van der Waals surface area contributed by atoms with Gasteiger partial charge in [0, 0.05) is 25.2 Å². The fraction of sp³-hybridized carbons (Fsp3) is 0.565. The van der Waals surface area contributed by atoms with E-state index in [4.69, 9.17) is 14.2 Å². The van der Waals surface area contributed by atoms with Crippen LogP contribution in [0.3, 0.4) is 0 Å². The van der Waals surface area contributed by atoms with E-state index in [2.05, 4.69) is 0 Å². The van der Waals surface area contributed by atoms with Crippen LogP contribution in [-0.2, 0) is 23.8 Å². The van der Waals surface area contributed by atoms with E-state index < -0.39 is 41.1 Å². The predicted octanol–water partition coefficient (Wildman–Crippen LogP) is 2.50. The highest BCUT2D eigenvalue weighted by atomic mass is 16.7. The van der Waals surface area contributed by atoms with Crippen LogP contribution >= 0.6 is 0 Å². The molecule has 1 aromatic carbocycles. The minimum absolute atomic E-state index is 0.0202. The monoisotopic (exact) mass is 429 g/mol. The van der Waals surface area contributed by atoms with E-state index in [1.807, 2.05) is 0 Å². The Hall–Kier alpha value is -2.58. The Kier molecular flexibility index (Phi) is 5.47. The van der Waals surface area contributed by atoms with Crippen molar-refractivity contribution >= 4 is 23.6 Å². The SMILES string of the molecule is CC(C)(C)OC(=O)[C@H](C[C@@H]1CC2(CCC1=O)OCCO2)N1C(=O)c2ccccc2C1=O. The first-order valence-electron chi connectivity index (χ1n) is 10.6. The smallest absolute Gasteiger partial charge is 0.329 e. The number of hydrogen-bond acceptors (Lipinski definition) is 7. The number of ketones is 1. The van der Waals surface area contributed by atoms with Gasteiger partial charge in [0.1, 0.15) is 17.4 Å². The van der Waals surface area contributed by atoms with E-state index >= 15 is 0 Å². The summed E-state index contributed by atoms with van der Waals surface area (Å²) < 4.78 is 17.1. The molecule has 1 aliphatic carbocycles. The zero-order valence-corrected chi connectivity index (χ0v) is 18.0. The number of esters is 1. The molecule has 8 heteroatoms. The van der Waals surface area contributed by atoms with Crippen LogP contribution in [0.25, 0.3) is 0 Å². The van der Waals surface area contributed by atoms with Crippen molar-refractivity contribution in [3.05, 3.63) is 35.4 Å². The van der Waals surface area contributed by atoms with Crippen molar-refractivity contribution < 1.29 is 33.4 Å². The Balaban J connectivity index is 1.64. The van der Waals surface area contributed by atoms with Gasteiger partial charge in [0.05, 0.1) is 24.3 Å². The maximum Gasteiger partial charge on any atom is 0.329 e. The third-order valence-corrected chi connectivity index (χ3v) is 5.90. The second kappa shape index (κ2) is 7.84. The minimum Gasteiger partial charge on any atom is -0.458 e. The molecule has 1 spiro atoms. The van der Waals surface area contributed by atoms with Gasteiger partial charge in [-0.25, -0.2) is 4.79 Å². The van der Waals surface area contributed by atoms with E-state index in [9.17, 15) is 19.2 Å². The summed E-state index contributed by atoms with van der Waals surface area (Å²) in [4.78, 5) is 52.9. The van der Waals surface area contributed by atoms with Gasteiger partial charge >= 0.3 is 5.97 Å². The summed E-state index contributed by atoms with van der Waals surface area (Å²) in [7, 11) is 0. The largest absolute Gasteiger partial charge is 0.458 e. The summed E-state index contributed by atoms with van der Waals surface area (Å²) >= 11 is 0. The molecular formula is C23H27NO7. The van der Waals surface area contributed by atoms with Crippen molar-refractivity contribution in [1.82, 2.24) is 4.90 Å². The molecule has 31 heavy (non-hydrogen) atoms. The Labute approximate surface area is 180 Å². The summed E-state index contributed by atoms with van der Waals surface area (Å²) in [6, 6.07) is 5.24. The molecule has 1 saturated carbocycles. The van der Waals surface area contributed by atoms with Crippen LogP contribution in [0.4, 0.5) is 0 Å². The van der Waals surface area contributed by atoms with E-state index in [-0.39, 0.29) is 36.2 Å². The molecule has 4 rings (SSSR count). The average Bonchev–Trinajstić information content (AvgIpc) is 3.25. The normalized spacial score (nSPS) is 23.9. The number of carbonyl (C=O) groups excluding carboxylic acids is 4. The standard InChI is InChI=1S/C23H27NO7/c1-22(2,3)31-21(28)17(24-19(26)15-6-4-5-7-16(15)20(24)27)12-14-13-23(9-8-18(14)25)29-10-11-30-23/h4-7,14,17H,8-13H2,1-3H3/t14-,17+/m1/s1. The molecule has 0 radical (unpaired) electrons. The number of nitrogens with zero attached hydrogens (tertiary/aromatic N) is 1. The Bertz CT molecular complexity index is 891. The fourth-order valence-electron chi connectivity index (χ4n) is 4.52. The third-order valence-electron chi connectivity index (χ3n) is 5.90. The van der Waals surface area contributed by atoms with E-state index in [0.717, 1.165) is 4.90 Å². The van der Waals surface area contributed by atoms with E-state index in [0.29, 0.717) is 19.6 Å². The van der Waals surface area contributed by atoms with Gasteiger partial charge < -0.3 is 14.2 Å². The lowest BCUT2D eigenvalue weighted by molar-refractivity contribution is -0.191. The number of carbonyl (C=O) groups is 4. The lowest BCUT2D eigenvalue weighted by Crippen LogP contribution is -2.50. The molecule has 1 saturated heterocycles. The second-order valence-electron chi connectivity index (χ2n) is 9.29. The number of imide groups is 1. The first-order chi connectivity index (χ1) is 14.6. The molecule has 0 unspecified atom stereocenters. The molecule has 0 N–H and O–H groups in total. The zero-order valence-electron chi connectivity index (χ0n) is 18.0. The van der Waals surface area contributed by atoms with Gasteiger partial charge in [0.2, 0.25) is 0 Å². The van der Waals surface area contributed by atoms with Crippen molar-refractivity contribution in [3.8, 4) is 0 Å². The number of amides is 2. The molecule has 2 heterocycles. The first-order valence-corrected chi connectivity index (χ1v) is 10.6. The average molecular weight is 429 g/mol. The van der Waals surface area contributed by atoms with Gasteiger partial charge in [-0.15, -0.1) is 0 Å². The van der Waals surface area contributed by atoms with Crippen molar-refractivity contribution in [3.63, 3.8) is 0 Å². The molecule has 2 fully saturated rings. The van der Waals surface area contributed by atoms with Crippen LogP contribution in [0.15, 0.2) is 24.3 Å². The van der Waals surface area contributed by atoms with Gasteiger partial charge in [0.15, 0.2) is 5.79 Å². The molecule has 0 bridgehead atoms. The second-order valence-corrected chi connectivity index (χ2v) is 9.29. The maximum atomic E-state index is 13.1. The molecule has 8 nitrogen and oxygen atoms in total. The van der Waals surface area contributed by atoms with Gasteiger partial charge in [-0.2, -0.15) is 0 Å². The fourth-order valence-corrected chi connectivity index (χ4v) is 4.52. The summed E-state index contributed by atoms with van der Waals surface area (Å²) in [5, 5.41) is 0. The molecule has 1 aromatic rings. The summed E-state index contributed by atoms with van der Waals surface area (Å²) in [6.07, 6.45) is 0.988. The predicted molar refractivity (Wildman–Crippen MR) is 108 cm³/mol. The van der Waals surface area contributed by atoms with Crippen LogP contribution in [0.1, 0.15) is 67.2 Å². The van der Waals surface area contributed by atoms with Crippen molar-refractivity contribution in [2.24, 2.45) is 5.92 Å². The van der Waals surface area contributed by atoms with Gasteiger partial charge in [-0.1, -0.05) is 12.1 Å². The highest BCUT2D eigenvalue weighted by Crippen LogP contribution is 2.40. The van der Waals surface area contributed by atoms with Crippen molar-refractivity contribution in [1.29, 1.82) is 0 Å². The minimum atomic E-state index is -1.21. The number of ether oxygens (including phenoxy) is 3. The van der Waals surface area contributed by atoms with Crippen LogP contribution in [-0.4, -0.2) is 59.1 Å². The number of rotatable bonds is 4. The zero-order chi connectivity index (χ0) is 22.4. The Morgan fingerprint density at radius 2 is 1.71 bits per heavy atom. The quantitative estimate of drug-likeness (QED) is 0.536. The van der Waals surface area contributed by atoms with Gasteiger partial charge in [-0.05, 0) is 39.3 Å². The number of benzene rings is 1. The van der Waals surface area contributed by atoms with Gasteiger partial charge in [-0.3, -0.25) is 19.3 Å². The number of Topliss-reactive ketones (excluding diaryl/α,β-unsaturated/α-hetero) is 1. The number of fused-ring (bicyclic) bond motifs is 1. The Morgan fingerprint density at radius 1 is 1.13 bits per heavy atom. The molecule has 2 amide bonds. The van der Waals surface area contributed by atoms with Crippen molar-refractivity contribution in [2.45, 2.75) is 63.9 Å². The Morgan fingerprint density at radius 3 is 2.26 bits per heavy atom. The lowest BCUT2D eigenvalue weighted by Gasteiger charge is -2.37. The number of hydrogen-bond donors (Lipinski definition) is 0. The summed E-state index contributed by atoms with van der Waals surface area (Å²) in [5.74, 6) is -3.27. The lowest BCUT2D eigenvalue weighted by atomic mass is 9.79. The van der Waals surface area contributed by atoms with Gasteiger partial charge in [0.25, 0.3) is 11.8 Å². The topological polar surface area (TPSA) is 99.2 Å². The first kappa shape index (κ1) is 21.6. The van der Waals surface area contributed by atoms with E-state index in [1.54, 1.807) is 45.0 Å². The summed E-state index contributed by atoms with van der Waals surface area (Å²) in [6.45, 7) is 6.05. The van der Waals surface area contributed by atoms with Crippen LogP contribution in [0.5, 0.6) is 0 Å². The van der Waals surface area contributed by atoms with Crippen LogP contribution in [0, 0.1) is 5.92 Å². The maximum absolute atomic E-state index is 13.1. The molecule has 2 aliphatic heterocycles. The molecule has 0 aromatic heterocycles. The molecule has 2 atom stereocenters. The summed E-state index contributed by atoms with van der Waals surface area (Å²) in [5.41, 5.74) is -0.325.